The fourth-order valence-corrected chi connectivity index (χ4v) is 0.825. The molecule has 0 bridgehead atoms. The molecule has 0 saturated heterocycles. The molecule has 0 saturated carbocycles. The van der Waals surface area contributed by atoms with Crippen LogP contribution in [-0.4, -0.2) is 4.71 Å². The fourth-order valence-electron chi connectivity index (χ4n) is 0.275. The highest BCUT2D eigenvalue weighted by Gasteiger charge is 2.13. The van der Waals surface area contributed by atoms with Crippen LogP contribution in [0.3, 0.4) is 0 Å². The van der Waals surface area contributed by atoms with Crippen LogP contribution >= 0.6 is 11.6 Å². The van der Waals surface area contributed by atoms with Crippen LogP contribution in [0.25, 0.3) is 0 Å². The fraction of sp³-hybridized carbons (Fsp3) is 1.00. The van der Waals surface area contributed by atoms with Gasteiger partial charge < -0.3 is 0 Å². The maximum Gasteiger partial charge on any atom is 0.479 e. The zero-order valence-corrected chi connectivity index (χ0v) is 5.76. The Hall–Kier alpha value is 0.310. The molecular formula is C4H8ClOS+. The van der Waals surface area contributed by atoms with Crippen LogP contribution in [-0.2, 0) is 15.9 Å². The number of alkyl halides is 1. The molecule has 42 valence electrons. The van der Waals surface area contributed by atoms with E-state index >= 15 is 0 Å². The molecule has 0 amide bonds. The monoisotopic (exact) mass is 139 g/mol. The van der Waals surface area contributed by atoms with Gasteiger partial charge in [0.1, 0.15) is 0 Å². The lowest BCUT2D eigenvalue weighted by Gasteiger charge is -1.80. The molecule has 0 heterocycles. The third-order valence-corrected chi connectivity index (χ3v) is 1.50. The van der Waals surface area contributed by atoms with Crippen LogP contribution < -0.4 is 0 Å². The van der Waals surface area contributed by atoms with Gasteiger partial charge in [-0.1, -0.05) is 6.92 Å². The molecule has 0 spiro atoms. The lowest BCUT2D eigenvalue weighted by atomic mass is 10.4. The Morgan fingerprint density at radius 3 is 2.57 bits per heavy atom. The summed E-state index contributed by atoms with van der Waals surface area (Å²) in [4.78, 5) is 0. The van der Waals surface area contributed by atoms with Crippen LogP contribution in [0.2, 0.25) is 0 Å². The van der Waals surface area contributed by atoms with Crippen molar-refractivity contribution in [3.05, 3.63) is 0 Å². The van der Waals surface area contributed by atoms with E-state index in [1.54, 1.807) is 0 Å². The smallest absolute Gasteiger partial charge is 0.0651 e. The summed E-state index contributed by atoms with van der Waals surface area (Å²) >= 11 is 5.88. The summed E-state index contributed by atoms with van der Waals surface area (Å²) in [6.07, 6.45) is 1.80. The van der Waals surface area contributed by atoms with Crippen molar-refractivity contribution in [1.29, 1.82) is 0 Å². The largest absolute Gasteiger partial charge is 0.479 e. The Morgan fingerprint density at radius 1 is 1.86 bits per heavy atom. The van der Waals surface area contributed by atoms with E-state index in [4.69, 9.17) is 11.6 Å². The highest BCUT2D eigenvalue weighted by molar-refractivity contribution is 7.68. The van der Waals surface area contributed by atoms with E-state index in [1.807, 2.05) is 6.92 Å². The number of rotatable bonds is 3. The summed E-state index contributed by atoms with van der Waals surface area (Å²) in [6, 6.07) is 0. The number of halogens is 1. The molecule has 0 aliphatic heterocycles. The molecule has 0 fully saturated rings. The Balaban J connectivity index is 2.98. The van der Waals surface area contributed by atoms with Gasteiger partial charge in [0.05, 0.1) is 0 Å². The molecule has 1 unspecified atom stereocenters. The predicted molar refractivity (Wildman–Crippen MR) is 32.6 cm³/mol. The Bertz CT molecular complexity index is 57.7. The standard InChI is InChI=1S/C4H8ClOS/c1-2-3-4(5)7-6/h4H,2-3H2,1H3/q+1. The third kappa shape index (κ3) is 4.16. The molecule has 0 radical (unpaired) electrons. The van der Waals surface area contributed by atoms with Gasteiger partial charge in [0.15, 0.2) is 0 Å². The summed E-state index contributed by atoms with van der Waals surface area (Å²) in [5, 5.41) is 0. The lowest BCUT2D eigenvalue weighted by molar-refractivity contribution is 0.601. The van der Waals surface area contributed by atoms with Gasteiger partial charge in [0, 0.05) is 10.6 Å². The molecule has 0 rings (SSSR count). The minimum atomic E-state index is -0.218. The van der Waals surface area contributed by atoms with E-state index in [2.05, 4.69) is 0 Å². The topological polar surface area (TPSA) is 17.1 Å². The van der Waals surface area contributed by atoms with E-state index in [0.717, 1.165) is 12.8 Å². The third-order valence-electron chi connectivity index (χ3n) is 0.620. The summed E-state index contributed by atoms with van der Waals surface area (Å²) in [6.45, 7) is 2.01. The molecule has 0 aliphatic carbocycles. The van der Waals surface area contributed by atoms with Gasteiger partial charge in [-0.15, -0.1) is 0 Å². The van der Waals surface area contributed by atoms with Gasteiger partial charge >= 0.3 is 16.4 Å². The van der Waals surface area contributed by atoms with E-state index in [-0.39, 0.29) is 4.71 Å². The first kappa shape index (κ1) is 7.31. The first-order valence-corrected chi connectivity index (χ1v) is 3.48. The van der Waals surface area contributed by atoms with Crippen molar-refractivity contribution in [2.24, 2.45) is 0 Å². The summed E-state index contributed by atoms with van der Waals surface area (Å²) < 4.78 is 9.59. The van der Waals surface area contributed by atoms with Gasteiger partial charge in [0.25, 0.3) is 0 Å². The van der Waals surface area contributed by atoms with E-state index in [1.165, 1.54) is 0 Å². The molecule has 7 heavy (non-hydrogen) atoms. The molecule has 0 aromatic heterocycles. The minimum absolute atomic E-state index is 0.218. The second kappa shape index (κ2) is 4.47. The Morgan fingerprint density at radius 2 is 2.43 bits per heavy atom. The van der Waals surface area contributed by atoms with Crippen molar-refractivity contribution in [3.63, 3.8) is 0 Å². The van der Waals surface area contributed by atoms with Crippen molar-refractivity contribution < 1.29 is 4.21 Å². The summed E-state index contributed by atoms with van der Waals surface area (Å²) in [5.41, 5.74) is 0. The van der Waals surface area contributed by atoms with Crippen LogP contribution in [0.4, 0.5) is 0 Å². The van der Waals surface area contributed by atoms with Gasteiger partial charge in [-0.25, -0.2) is 0 Å². The average molecular weight is 140 g/mol. The van der Waals surface area contributed by atoms with E-state index in [9.17, 15) is 4.21 Å². The molecular weight excluding hydrogens is 132 g/mol. The molecule has 3 heteroatoms. The SMILES string of the molecule is CCCC(Cl)[S+]=O. The van der Waals surface area contributed by atoms with Gasteiger partial charge in [-0.2, -0.15) is 0 Å². The van der Waals surface area contributed by atoms with Crippen molar-refractivity contribution in [1.82, 2.24) is 0 Å². The molecule has 0 N–H and O–H groups in total. The lowest BCUT2D eigenvalue weighted by Crippen LogP contribution is -1.91. The van der Waals surface area contributed by atoms with Crippen molar-refractivity contribution in [3.8, 4) is 0 Å². The number of hydrogen-bond donors (Lipinski definition) is 0. The zero-order valence-electron chi connectivity index (χ0n) is 4.19. The number of hydrogen-bond acceptors (Lipinski definition) is 1. The minimum Gasteiger partial charge on any atom is -0.0651 e. The van der Waals surface area contributed by atoms with Gasteiger partial charge in [-0.05, 0) is 18.0 Å². The highest BCUT2D eigenvalue weighted by atomic mass is 35.5. The van der Waals surface area contributed by atoms with Crippen LogP contribution in [0.1, 0.15) is 19.8 Å². The summed E-state index contributed by atoms with van der Waals surface area (Å²) in [5.74, 6) is 0. The zero-order chi connectivity index (χ0) is 5.70. The van der Waals surface area contributed by atoms with Crippen LogP contribution in [0, 0.1) is 0 Å². The maximum atomic E-state index is 9.80. The molecule has 1 nitrogen and oxygen atoms in total. The molecule has 0 aliphatic rings. The van der Waals surface area contributed by atoms with Crippen LogP contribution in [0.5, 0.6) is 0 Å². The average Bonchev–Trinajstić information content (AvgIpc) is 1.68. The quantitative estimate of drug-likeness (QED) is 0.430. The Kier molecular flexibility index (Phi) is 4.67. The maximum absolute atomic E-state index is 9.80. The van der Waals surface area contributed by atoms with E-state index in [0.29, 0.717) is 11.7 Å². The first-order chi connectivity index (χ1) is 3.31. The molecule has 0 aromatic rings. The van der Waals surface area contributed by atoms with Gasteiger partial charge in [-0.3, -0.25) is 0 Å². The summed E-state index contributed by atoms with van der Waals surface area (Å²) in [7, 11) is 0. The van der Waals surface area contributed by atoms with Crippen molar-refractivity contribution in [2.75, 3.05) is 0 Å². The van der Waals surface area contributed by atoms with Crippen molar-refractivity contribution in [2.45, 2.75) is 24.5 Å². The Labute approximate surface area is 52.5 Å². The van der Waals surface area contributed by atoms with Crippen molar-refractivity contribution >= 4 is 23.3 Å². The predicted octanol–water partition coefficient (Wildman–Crippen LogP) is 1.78. The van der Waals surface area contributed by atoms with E-state index < -0.39 is 0 Å². The van der Waals surface area contributed by atoms with Gasteiger partial charge in [0.2, 0.25) is 0 Å². The first-order valence-electron chi connectivity index (χ1n) is 2.24. The second-order valence-electron chi connectivity index (χ2n) is 1.29. The van der Waals surface area contributed by atoms with Crippen LogP contribution in [0.15, 0.2) is 0 Å². The molecule has 0 aromatic carbocycles. The molecule has 1 atom stereocenters. The highest BCUT2D eigenvalue weighted by Crippen LogP contribution is 2.01. The second-order valence-corrected chi connectivity index (χ2v) is 2.84. The normalized spacial score (nSPS) is 13.4.